The number of hydrogen-bond donors (Lipinski definition) is 0. The molecule has 1 aliphatic rings. The maximum absolute atomic E-state index is 6.09. The molecule has 1 atom stereocenters. The van der Waals surface area contributed by atoms with Gasteiger partial charge in [0.2, 0.25) is 0 Å². The SMILES string of the molecule is CC(C)(C)n1cc(CN2CCO[C@H](c3cccc(Cl)c3)C2)nn1. The van der Waals surface area contributed by atoms with Crippen molar-refractivity contribution in [2.45, 2.75) is 39.0 Å². The minimum atomic E-state index is -0.0421. The normalized spacial score (nSPS) is 19.9. The van der Waals surface area contributed by atoms with Crippen LogP contribution < -0.4 is 0 Å². The van der Waals surface area contributed by atoms with Crippen LogP contribution in [0.4, 0.5) is 0 Å². The molecule has 0 aliphatic carbocycles. The van der Waals surface area contributed by atoms with Gasteiger partial charge < -0.3 is 4.74 Å². The van der Waals surface area contributed by atoms with Crippen LogP contribution in [-0.4, -0.2) is 39.6 Å². The van der Waals surface area contributed by atoms with Crippen molar-refractivity contribution in [2.75, 3.05) is 19.7 Å². The van der Waals surface area contributed by atoms with Gasteiger partial charge in [0.25, 0.3) is 0 Å². The third-order valence-corrected chi connectivity index (χ3v) is 4.22. The van der Waals surface area contributed by atoms with Crippen molar-refractivity contribution in [3.63, 3.8) is 0 Å². The largest absolute Gasteiger partial charge is 0.371 e. The molecule has 2 aromatic rings. The summed E-state index contributed by atoms with van der Waals surface area (Å²) in [4.78, 5) is 2.35. The van der Waals surface area contributed by atoms with E-state index in [2.05, 4.69) is 42.0 Å². The predicted octanol–water partition coefficient (Wildman–Crippen LogP) is 3.26. The highest BCUT2D eigenvalue weighted by atomic mass is 35.5. The molecule has 1 fully saturated rings. The average molecular weight is 335 g/mol. The highest BCUT2D eigenvalue weighted by molar-refractivity contribution is 6.30. The fourth-order valence-corrected chi connectivity index (χ4v) is 2.88. The Labute approximate surface area is 142 Å². The first-order valence-corrected chi connectivity index (χ1v) is 8.31. The maximum atomic E-state index is 6.09. The van der Waals surface area contributed by atoms with Gasteiger partial charge in [-0.2, -0.15) is 0 Å². The van der Waals surface area contributed by atoms with E-state index >= 15 is 0 Å². The summed E-state index contributed by atoms with van der Waals surface area (Å²) in [7, 11) is 0. The van der Waals surface area contributed by atoms with E-state index < -0.39 is 0 Å². The number of nitrogens with zero attached hydrogens (tertiary/aromatic N) is 4. The van der Waals surface area contributed by atoms with Gasteiger partial charge in [0.1, 0.15) is 0 Å². The lowest BCUT2D eigenvalue weighted by Gasteiger charge is -2.32. The van der Waals surface area contributed by atoms with Crippen LogP contribution in [0.1, 0.15) is 38.1 Å². The lowest BCUT2D eigenvalue weighted by molar-refractivity contribution is -0.0333. The molecule has 6 heteroatoms. The summed E-state index contributed by atoms with van der Waals surface area (Å²) in [6.07, 6.45) is 2.09. The molecular weight excluding hydrogens is 312 g/mol. The summed E-state index contributed by atoms with van der Waals surface area (Å²) in [5.41, 5.74) is 2.08. The van der Waals surface area contributed by atoms with Crippen LogP contribution in [0.15, 0.2) is 30.5 Å². The van der Waals surface area contributed by atoms with Gasteiger partial charge in [-0.3, -0.25) is 4.90 Å². The van der Waals surface area contributed by atoms with E-state index in [4.69, 9.17) is 16.3 Å². The third kappa shape index (κ3) is 4.10. The lowest BCUT2D eigenvalue weighted by Crippen LogP contribution is -2.37. The van der Waals surface area contributed by atoms with Gasteiger partial charge in [-0.25, -0.2) is 4.68 Å². The highest BCUT2D eigenvalue weighted by Gasteiger charge is 2.23. The molecule has 3 rings (SSSR count). The minimum absolute atomic E-state index is 0.0421. The fourth-order valence-electron chi connectivity index (χ4n) is 2.68. The van der Waals surface area contributed by atoms with Gasteiger partial charge in [-0.15, -0.1) is 5.10 Å². The van der Waals surface area contributed by atoms with E-state index in [9.17, 15) is 0 Å². The van der Waals surface area contributed by atoms with E-state index in [1.165, 1.54) is 0 Å². The zero-order valence-electron chi connectivity index (χ0n) is 13.9. The zero-order valence-corrected chi connectivity index (χ0v) is 14.6. The fraction of sp³-hybridized carbons (Fsp3) is 0.529. The number of morpholine rings is 1. The molecular formula is C17H23ClN4O. The summed E-state index contributed by atoms with van der Waals surface area (Å²) in [6, 6.07) is 7.90. The lowest BCUT2D eigenvalue weighted by atomic mass is 10.1. The number of ether oxygens (including phenoxy) is 1. The van der Waals surface area contributed by atoms with Crippen LogP contribution >= 0.6 is 11.6 Å². The first-order chi connectivity index (χ1) is 10.9. The van der Waals surface area contributed by atoms with Gasteiger partial charge in [-0.05, 0) is 38.5 Å². The summed E-state index contributed by atoms with van der Waals surface area (Å²) in [5, 5.41) is 9.28. The number of benzene rings is 1. The van der Waals surface area contributed by atoms with Crippen LogP contribution in [-0.2, 0) is 16.8 Å². The minimum Gasteiger partial charge on any atom is -0.371 e. The number of aromatic nitrogens is 3. The Bertz CT molecular complexity index is 665. The van der Waals surface area contributed by atoms with E-state index in [0.29, 0.717) is 6.61 Å². The van der Waals surface area contributed by atoms with Crippen molar-refractivity contribution in [2.24, 2.45) is 0 Å². The molecule has 1 aromatic carbocycles. The molecule has 1 saturated heterocycles. The molecule has 23 heavy (non-hydrogen) atoms. The summed E-state index contributed by atoms with van der Waals surface area (Å²) in [5.74, 6) is 0. The molecule has 0 N–H and O–H groups in total. The Kier molecular flexibility index (Phi) is 4.71. The first kappa shape index (κ1) is 16.4. The molecule has 0 amide bonds. The standard InChI is InChI=1S/C17H23ClN4O/c1-17(2,3)22-11-15(19-20-22)10-21-7-8-23-16(12-21)13-5-4-6-14(18)9-13/h4-6,9,11,16H,7-8,10,12H2,1-3H3/t16-/m0/s1. The Morgan fingerprint density at radius 2 is 2.17 bits per heavy atom. The smallest absolute Gasteiger partial charge is 0.0967 e. The second kappa shape index (κ2) is 6.59. The van der Waals surface area contributed by atoms with Gasteiger partial charge in [0.15, 0.2) is 0 Å². The molecule has 0 unspecified atom stereocenters. The second-order valence-corrected chi connectivity index (χ2v) is 7.41. The Morgan fingerprint density at radius 3 is 2.87 bits per heavy atom. The van der Waals surface area contributed by atoms with Crippen LogP contribution in [0.5, 0.6) is 0 Å². The van der Waals surface area contributed by atoms with Gasteiger partial charge in [0, 0.05) is 24.7 Å². The summed E-state index contributed by atoms with van der Waals surface area (Å²) < 4.78 is 7.82. The maximum Gasteiger partial charge on any atom is 0.0967 e. The third-order valence-electron chi connectivity index (χ3n) is 3.98. The molecule has 0 radical (unpaired) electrons. The van der Waals surface area contributed by atoms with Crippen LogP contribution in [0.2, 0.25) is 5.02 Å². The molecule has 1 aromatic heterocycles. The number of halogens is 1. The monoisotopic (exact) mass is 334 g/mol. The predicted molar refractivity (Wildman–Crippen MR) is 90.4 cm³/mol. The van der Waals surface area contributed by atoms with Crippen molar-refractivity contribution in [1.29, 1.82) is 0 Å². The molecule has 1 aliphatic heterocycles. The molecule has 0 spiro atoms. The average Bonchev–Trinajstić information content (AvgIpc) is 2.96. The van der Waals surface area contributed by atoms with E-state index in [-0.39, 0.29) is 11.6 Å². The van der Waals surface area contributed by atoms with Crippen molar-refractivity contribution in [3.8, 4) is 0 Å². The summed E-state index contributed by atoms with van der Waals surface area (Å²) >= 11 is 6.09. The first-order valence-electron chi connectivity index (χ1n) is 7.93. The van der Waals surface area contributed by atoms with Crippen molar-refractivity contribution < 1.29 is 4.74 Å². The van der Waals surface area contributed by atoms with E-state index in [1.54, 1.807) is 0 Å². The quantitative estimate of drug-likeness (QED) is 0.864. The van der Waals surface area contributed by atoms with Crippen LogP contribution in [0, 0.1) is 0 Å². The molecule has 2 heterocycles. The topological polar surface area (TPSA) is 43.2 Å². The van der Waals surface area contributed by atoms with Gasteiger partial charge >= 0.3 is 0 Å². The van der Waals surface area contributed by atoms with Crippen LogP contribution in [0.3, 0.4) is 0 Å². The van der Waals surface area contributed by atoms with Crippen molar-refractivity contribution in [3.05, 3.63) is 46.7 Å². The van der Waals surface area contributed by atoms with Gasteiger partial charge in [0.05, 0.1) is 30.1 Å². The Balaban J connectivity index is 1.66. The van der Waals surface area contributed by atoms with E-state index in [1.807, 2.05) is 29.1 Å². The molecule has 0 bridgehead atoms. The van der Waals surface area contributed by atoms with E-state index in [0.717, 1.165) is 35.9 Å². The Morgan fingerprint density at radius 1 is 1.35 bits per heavy atom. The number of rotatable bonds is 3. The summed E-state index contributed by atoms with van der Waals surface area (Å²) in [6.45, 7) is 9.60. The Hall–Kier alpha value is -1.43. The van der Waals surface area contributed by atoms with Crippen LogP contribution in [0.25, 0.3) is 0 Å². The molecule has 124 valence electrons. The zero-order chi connectivity index (χ0) is 16.4. The second-order valence-electron chi connectivity index (χ2n) is 6.97. The van der Waals surface area contributed by atoms with Crippen molar-refractivity contribution >= 4 is 11.6 Å². The highest BCUT2D eigenvalue weighted by Crippen LogP contribution is 2.25. The molecule has 0 saturated carbocycles. The van der Waals surface area contributed by atoms with Crippen molar-refractivity contribution in [1.82, 2.24) is 19.9 Å². The van der Waals surface area contributed by atoms with Gasteiger partial charge in [-0.1, -0.05) is 28.9 Å². The number of hydrogen-bond acceptors (Lipinski definition) is 4. The molecule has 5 nitrogen and oxygen atoms in total.